The second kappa shape index (κ2) is 6.56. The van der Waals surface area contributed by atoms with Crippen LogP contribution in [0.2, 0.25) is 5.15 Å². The SMILES string of the molecule is CCCNCCOc1ccc(Cl)nn1. The summed E-state index contributed by atoms with van der Waals surface area (Å²) in [6.45, 7) is 4.54. The smallest absolute Gasteiger partial charge is 0.233 e. The second-order valence-electron chi connectivity index (χ2n) is 2.79. The molecule has 0 radical (unpaired) electrons. The number of ether oxygens (including phenoxy) is 1. The first-order valence-corrected chi connectivity index (χ1v) is 5.03. The van der Waals surface area contributed by atoms with Gasteiger partial charge in [-0.3, -0.25) is 0 Å². The molecule has 5 heteroatoms. The Labute approximate surface area is 88.6 Å². The molecule has 0 bridgehead atoms. The quantitative estimate of drug-likeness (QED) is 0.731. The number of hydrogen-bond acceptors (Lipinski definition) is 4. The van der Waals surface area contributed by atoms with Crippen molar-refractivity contribution < 1.29 is 4.74 Å². The van der Waals surface area contributed by atoms with Crippen LogP contribution in [0.25, 0.3) is 0 Å². The van der Waals surface area contributed by atoms with Crippen molar-refractivity contribution in [3.05, 3.63) is 17.3 Å². The topological polar surface area (TPSA) is 47.0 Å². The van der Waals surface area contributed by atoms with Crippen molar-refractivity contribution in [1.82, 2.24) is 15.5 Å². The fraction of sp³-hybridized carbons (Fsp3) is 0.556. The molecule has 1 heterocycles. The third-order valence-electron chi connectivity index (χ3n) is 1.56. The summed E-state index contributed by atoms with van der Waals surface area (Å²) in [6, 6.07) is 3.36. The van der Waals surface area contributed by atoms with Gasteiger partial charge in [0.05, 0.1) is 0 Å². The normalized spacial score (nSPS) is 10.1. The van der Waals surface area contributed by atoms with E-state index in [-0.39, 0.29) is 0 Å². The lowest BCUT2D eigenvalue weighted by molar-refractivity contribution is 0.299. The lowest BCUT2D eigenvalue weighted by Gasteiger charge is -2.04. The molecule has 0 aliphatic carbocycles. The predicted octanol–water partition coefficient (Wildman–Crippen LogP) is 1.51. The van der Waals surface area contributed by atoms with Gasteiger partial charge in [-0.25, -0.2) is 0 Å². The highest BCUT2D eigenvalue weighted by atomic mass is 35.5. The lowest BCUT2D eigenvalue weighted by atomic mass is 10.5. The van der Waals surface area contributed by atoms with Gasteiger partial charge in [0.25, 0.3) is 0 Å². The summed E-state index contributed by atoms with van der Waals surface area (Å²) in [5.74, 6) is 0.507. The van der Waals surface area contributed by atoms with Crippen molar-refractivity contribution in [2.45, 2.75) is 13.3 Å². The molecule has 1 N–H and O–H groups in total. The molecule has 0 atom stereocenters. The summed E-state index contributed by atoms with van der Waals surface area (Å²) < 4.78 is 5.31. The van der Waals surface area contributed by atoms with E-state index in [9.17, 15) is 0 Å². The van der Waals surface area contributed by atoms with E-state index in [1.165, 1.54) is 0 Å². The van der Waals surface area contributed by atoms with Crippen molar-refractivity contribution in [2.75, 3.05) is 19.7 Å². The Morgan fingerprint density at radius 3 is 2.86 bits per heavy atom. The minimum absolute atomic E-state index is 0.376. The Morgan fingerprint density at radius 1 is 1.36 bits per heavy atom. The van der Waals surface area contributed by atoms with Crippen LogP contribution in [-0.2, 0) is 0 Å². The van der Waals surface area contributed by atoms with Gasteiger partial charge >= 0.3 is 0 Å². The van der Waals surface area contributed by atoms with Gasteiger partial charge in [0.2, 0.25) is 5.88 Å². The summed E-state index contributed by atoms with van der Waals surface area (Å²) in [6.07, 6.45) is 1.13. The average Bonchev–Trinajstić information content (AvgIpc) is 2.21. The van der Waals surface area contributed by atoms with Gasteiger partial charge in [-0.1, -0.05) is 18.5 Å². The number of rotatable bonds is 6. The molecule has 0 amide bonds. The Balaban J connectivity index is 2.15. The average molecular weight is 216 g/mol. The number of hydrogen-bond donors (Lipinski definition) is 1. The van der Waals surface area contributed by atoms with Gasteiger partial charge in [-0.2, -0.15) is 0 Å². The number of aromatic nitrogens is 2. The number of nitrogens with zero attached hydrogens (tertiary/aromatic N) is 2. The minimum atomic E-state index is 0.376. The van der Waals surface area contributed by atoms with E-state index in [4.69, 9.17) is 16.3 Å². The molecule has 1 rings (SSSR count). The van der Waals surface area contributed by atoms with E-state index in [2.05, 4.69) is 22.4 Å². The highest BCUT2D eigenvalue weighted by molar-refractivity contribution is 6.29. The molecular formula is C9H14ClN3O. The molecule has 0 saturated heterocycles. The molecule has 14 heavy (non-hydrogen) atoms. The zero-order valence-corrected chi connectivity index (χ0v) is 8.92. The molecule has 0 saturated carbocycles. The first-order valence-electron chi connectivity index (χ1n) is 4.65. The maximum atomic E-state index is 5.57. The maximum Gasteiger partial charge on any atom is 0.233 e. The van der Waals surface area contributed by atoms with Crippen LogP contribution < -0.4 is 10.1 Å². The third-order valence-corrected chi connectivity index (χ3v) is 1.76. The molecule has 1 aromatic heterocycles. The van der Waals surface area contributed by atoms with E-state index in [0.717, 1.165) is 19.5 Å². The van der Waals surface area contributed by atoms with E-state index >= 15 is 0 Å². The summed E-state index contributed by atoms with van der Waals surface area (Å²) in [5.41, 5.74) is 0. The zero-order chi connectivity index (χ0) is 10.2. The first kappa shape index (κ1) is 11.2. The van der Waals surface area contributed by atoms with Gasteiger partial charge in [0, 0.05) is 12.6 Å². The van der Waals surface area contributed by atoms with E-state index in [0.29, 0.717) is 17.6 Å². The molecule has 4 nitrogen and oxygen atoms in total. The molecule has 0 spiro atoms. The molecule has 1 aromatic rings. The zero-order valence-electron chi connectivity index (χ0n) is 8.16. The van der Waals surface area contributed by atoms with Crippen LogP contribution in [0.4, 0.5) is 0 Å². The van der Waals surface area contributed by atoms with Crippen molar-refractivity contribution in [2.24, 2.45) is 0 Å². The predicted molar refractivity (Wildman–Crippen MR) is 55.7 cm³/mol. The van der Waals surface area contributed by atoms with Gasteiger partial charge in [-0.15, -0.1) is 10.2 Å². The van der Waals surface area contributed by atoms with Gasteiger partial charge in [-0.05, 0) is 19.0 Å². The van der Waals surface area contributed by atoms with Crippen LogP contribution in [0.5, 0.6) is 5.88 Å². The van der Waals surface area contributed by atoms with Gasteiger partial charge in [0.1, 0.15) is 6.61 Å². The van der Waals surface area contributed by atoms with Crippen LogP contribution in [0, 0.1) is 0 Å². The number of nitrogens with one attached hydrogen (secondary N) is 1. The maximum absolute atomic E-state index is 5.57. The fourth-order valence-electron chi connectivity index (χ4n) is 0.910. The molecule has 0 unspecified atom stereocenters. The van der Waals surface area contributed by atoms with Gasteiger partial charge in [0.15, 0.2) is 5.15 Å². The summed E-state index contributed by atoms with van der Waals surface area (Å²) in [5, 5.41) is 11.0. The van der Waals surface area contributed by atoms with Crippen molar-refractivity contribution >= 4 is 11.6 Å². The molecule has 78 valence electrons. The molecule has 0 aliphatic heterocycles. The largest absolute Gasteiger partial charge is 0.475 e. The lowest BCUT2D eigenvalue weighted by Crippen LogP contribution is -2.21. The molecule has 0 fully saturated rings. The van der Waals surface area contributed by atoms with Crippen molar-refractivity contribution in [3.63, 3.8) is 0 Å². The van der Waals surface area contributed by atoms with Crippen molar-refractivity contribution in [1.29, 1.82) is 0 Å². The van der Waals surface area contributed by atoms with Crippen LogP contribution in [0.1, 0.15) is 13.3 Å². The number of halogens is 1. The summed E-state index contributed by atoms with van der Waals surface area (Å²) in [7, 11) is 0. The Hall–Kier alpha value is -0.870. The first-order chi connectivity index (χ1) is 6.83. The molecule has 0 aliphatic rings. The van der Waals surface area contributed by atoms with Crippen LogP contribution in [0.15, 0.2) is 12.1 Å². The van der Waals surface area contributed by atoms with Gasteiger partial charge < -0.3 is 10.1 Å². The van der Waals surface area contributed by atoms with Crippen LogP contribution in [0.3, 0.4) is 0 Å². The van der Waals surface area contributed by atoms with E-state index < -0.39 is 0 Å². The Morgan fingerprint density at radius 2 is 2.21 bits per heavy atom. The Kier molecular flexibility index (Phi) is 5.25. The standard InChI is InChI=1S/C9H14ClN3O/c1-2-5-11-6-7-14-9-4-3-8(10)12-13-9/h3-4,11H,2,5-7H2,1H3. The van der Waals surface area contributed by atoms with Crippen LogP contribution in [-0.4, -0.2) is 29.9 Å². The Bertz CT molecular complexity index is 253. The molecular weight excluding hydrogens is 202 g/mol. The summed E-state index contributed by atoms with van der Waals surface area (Å²) in [4.78, 5) is 0. The monoisotopic (exact) mass is 215 g/mol. The van der Waals surface area contributed by atoms with Crippen molar-refractivity contribution in [3.8, 4) is 5.88 Å². The van der Waals surface area contributed by atoms with E-state index in [1.807, 2.05) is 0 Å². The minimum Gasteiger partial charge on any atom is -0.475 e. The van der Waals surface area contributed by atoms with Crippen LogP contribution >= 0.6 is 11.6 Å². The van der Waals surface area contributed by atoms with E-state index in [1.54, 1.807) is 12.1 Å². The second-order valence-corrected chi connectivity index (χ2v) is 3.18. The highest BCUT2D eigenvalue weighted by Gasteiger charge is 1.95. The molecule has 0 aromatic carbocycles. The third kappa shape index (κ3) is 4.39. The fourth-order valence-corrected chi connectivity index (χ4v) is 1.01. The highest BCUT2D eigenvalue weighted by Crippen LogP contribution is 2.07. The summed E-state index contributed by atoms with van der Waals surface area (Å²) >= 11 is 5.57.